The van der Waals surface area contributed by atoms with Crippen molar-refractivity contribution >= 4 is 11.7 Å². The van der Waals surface area contributed by atoms with Gasteiger partial charge in [-0.3, -0.25) is 15.2 Å². The Labute approximate surface area is 127 Å². The number of carbonyl (C=O) groups is 1. The van der Waals surface area contributed by atoms with Crippen molar-refractivity contribution in [3.63, 3.8) is 0 Å². The number of nitrogens with two attached hydrogens (primary N) is 2. The Morgan fingerprint density at radius 2 is 2.27 bits per heavy atom. The zero-order chi connectivity index (χ0) is 16.1. The van der Waals surface area contributed by atoms with Crippen LogP contribution in [0.1, 0.15) is 23.1 Å². The Morgan fingerprint density at radius 1 is 1.50 bits per heavy atom. The largest absolute Gasteiger partial charge is 0.382 e. The predicted octanol–water partition coefficient (Wildman–Crippen LogP) is 0.426. The van der Waals surface area contributed by atoms with Gasteiger partial charge in [0.05, 0.1) is 18.0 Å². The van der Waals surface area contributed by atoms with Gasteiger partial charge in [-0.05, 0) is 19.1 Å². The van der Waals surface area contributed by atoms with Gasteiger partial charge >= 0.3 is 0 Å². The van der Waals surface area contributed by atoms with Crippen molar-refractivity contribution in [3.8, 4) is 17.3 Å². The minimum atomic E-state index is -0.612. The molecule has 0 aliphatic rings. The Morgan fingerprint density at radius 3 is 2.95 bits per heavy atom. The summed E-state index contributed by atoms with van der Waals surface area (Å²) >= 11 is 0. The molecule has 0 saturated carbocycles. The van der Waals surface area contributed by atoms with Gasteiger partial charge in [-0.1, -0.05) is 0 Å². The Balaban J connectivity index is 2.38. The standard InChI is InChI=1S/C14H15N7O/c1-8(6-15)4-10-5-9(2-3-18-10)11-7-19-13(16)12(20-11)14(22)21-17/h2-3,5,7-8H,4,17H2,1H3,(H2,16,19)(H,21,22). The molecule has 8 heteroatoms. The molecule has 0 aliphatic carbocycles. The summed E-state index contributed by atoms with van der Waals surface area (Å²) in [6.07, 6.45) is 3.62. The summed E-state index contributed by atoms with van der Waals surface area (Å²) in [5.74, 6) is 4.34. The number of carbonyl (C=O) groups excluding carboxylic acids is 1. The number of hydrogen-bond acceptors (Lipinski definition) is 7. The normalized spacial score (nSPS) is 11.5. The first kappa shape index (κ1) is 15.3. The van der Waals surface area contributed by atoms with E-state index in [0.29, 0.717) is 12.1 Å². The summed E-state index contributed by atoms with van der Waals surface area (Å²) < 4.78 is 0. The topological polar surface area (TPSA) is 144 Å². The first-order valence-electron chi connectivity index (χ1n) is 6.53. The number of nitrogens with zero attached hydrogens (tertiary/aromatic N) is 4. The van der Waals surface area contributed by atoms with Crippen LogP contribution in [0.25, 0.3) is 11.3 Å². The molecule has 2 aromatic heterocycles. The fourth-order valence-corrected chi connectivity index (χ4v) is 1.88. The number of hydrazine groups is 1. The second kappa shape index (κ2) is 6.60. The highest BCUT2D eigenvalue weighted by molar-refractivity contribution is 5.96. The predicted molar refractivity (Wildman–Crippen MR) is 79.8 cm³/mol. The van der Waals surface area contributed by atoms with Gasteiger partial charge in [-0.15, -0.1) is 0 Å². The lowest BCUT2D eigenvalue weighted by Gasteiger charge is -2.07. The monoisotopic (exact) mass is 297 g/mol. The van der Waals surface area contributed by atoms with Crippen molar-refractivity contribution in [2.75, 3.05) is 5.73 Å². The number of aromatic nitrogens is 3. The number of pyridine rings is 1. The zero-order valence-electron chi connectivity index (χ0n) is 11.9. The van der Waals surface area contributed by atoms with Crippen molar-refractivity contribution in [1.82, 2.24) is 20.4 Å². The number of anilines is 1. The van der Waals surface area contributed by atoms with Crippen molar-refractivity contribution in [1.29, 1.82) is 5.26 Å². The van der Waals surface area contributed by atoms with Crippen LogP contribution in [-0.4, -0.2) is 20.9 Å². The van der Waals surface area contributed by atoms with Gasteiger partial charge in [-0.2, -0.15) is 5.26 Å². The van der Waals surface area contributed by atoms with Gasteiger partial charge < -0.3 is 5.73 Å². The molecule has 5 N–H and O–H groups in total. The summed E-state index contributed by atoms with van der Waals surface area (Å²) in [6.45, 7) is 1.82. The van der Waals surface area contributed by atoms with E-state index in [4.69, 9.17) is 16.8 Å². The van der Waals surface area contributed by atoms with Crippen LogP contribution in [-0.2, 0) is 6.42 Å². The molecular weight excluding hydrogens is 282 g/mol. The molecule has 0 saturated heterocycles. The third kappa shape index (κ3) is 3.34. The lowest BCUT2D eigenvalue weighted by atomic mass is 10.0. The molecule has 1 unspecified atom stereocenters. The van der Waals surface area contributed by atoms with Gasteiger partial charge in [0, 0.05) is 29.8 Å². The number of nitriles is 1. The van der Waals surface area contributed by atoms with Gasteiger partial charge in [0.25, 0.3) is 5.91 Å². The summed E-state index contributed by atoms with van der Waals surface area (Å²) in [5, 5.41) is 8.87. The number of amides is 1. The van der Waals surface area contributed by atoms with Crippen LogP contribution in [0.3, 0.4) is 0 Å². The van der Waals surface area contributed by atoms with Crippen molar-refractivity contribution < 1.29 is 4.79 Å². The molecule has 0 bridgehead atoms. The van der Waals surface area contributed by atoms with Gasteiger partial charge in [0.1, 0.15) is 0 Å². The van der Waals surface area contributed by atoms with E-state index in [1.54, 1.807) is 18.3 Å². The maximum absolute atomic E-state index is 11.6. The third-order valence-electron chi connectivity index (χ3n) is 3.00. The fourth-order valence-electron chi connectivity index (χ4n) is 1.88. The highest BCUT2D eigenvalue weighted by Crippen LogP contribution is 2.19. The lowest BCUT2D eigenvalue weighted by Crippen LogP contribution is -2.31. The molecule has 2 aromatic rings. The van der Waals surface area contributed by atoms with E-state index in [0.717, 1.165) is 11.3 Å². The molecule has 1 amide bonds. The zero-order valence-corrected chi connectivity index (χ0v) is 11.9. The molecule has 1 atom stereocenters. The maximum atomic E-state index is 11.6. The smallest absolute Gasteiger partial charge is 0.287 e. The Bertz CT molecular complexity index is 738. The summed E-state index contributed by atoms with van der Waals surface area (Å²) in [4.78, 5) is 24.0. The summed E-state index contributed by atoms with van der Waals surface area (Å²) in [6, 6.07) is 5.71. The summed E-state index contributed by atoms with van der Waals surface area (Å²) in [5.41, 5.74) is 9.52. The second-order valence-electron chi connectivity index (χ2n) is 4.73. The molecular formula is C14H15N7O. The maximum Gasteiger partial charge on any atom is 0.287 e. The van der Waals surface area contributed by atoms with Gasteiger partial charge in [0.15, 0.2) is 11.5 Å². The van der Waals surface area contributed by atoms with Crippen LogP contribution in [0.2, 0.25) is 0 Å². The van der Waals surface area contributed by atoms with E-state index in [1.807, 2.05) is 12.3 Å². The Hall–Kier alpha value is -3.05. The SMILES string of the molecule is CC(C#N)Cc1cc(-c2cnc(N)c(C(=O)NN)n2)ccn1. The quantitative estimate of drug-likeness (QED) is 0.421. The molecule has 8 nitrogen and oxygen atoms in total. The Kier molecular flexibility index (Phi) is 4.60. The van der Waals surface area contributed by atoms with E-state index >= 15 is 0 Å². The van der Waals surface area contributed by atoms with E-state index in [2.05, 4.69) is 21.0 Å². The third-order valence-corrected chi connectivity index (χ3v) is 3.00. The van der Waals surface area contributed by atoms with Gasteiger partial charge in [-0.25, -0.2) is 15.8 Å². The molecule has 112 valence electrons. The second-order valence-corrected chi connectivity index (χ2v) is 4.73. The molecule has 0 aromatic carbocycles. The molecule has 22 heavy (non-hydrogen) atoms. The molecule has 0 aliphatic heterocycles. The number of nitrogen functional groups attached to an aromatic ring is 2. The van der Waals surface area contributed by atoms with Crippen LogP contribution in [0.15, 0.2) is 24.5 Å². The van der Waals surface area contributed by atoms with Crippen LogP contribution in [0, 0.1) is 17.2 Å². The molecule has 0 fully saturated rings. The number of rotatable bonds is 4. The molecule has 0 spiro atoms. The van der Waals surface area contributed by atoms with Crippen molar-refractivity contribution in [3.05, 3.63) is 35.9 Å². The van der Waals surface area contributed by atoms with Crippen molar-refractivity contribution in [2.24, 2.45) is 11.8 Å². The van der Waals surface area contributed by atoms with Crippen LogP contribution >= 0.6 is 0 Å². The minimum absolute atomic E-state index is 0.000850. The fraction of sp³-hybridized carbons (Fsp3) is 0.214. The molecule has 2 rings (SSSR count). The van der Waals surface area contributed by atoms with Crippen LogP contribution in [0.4, 0.5) is 5.82 Å². The summed E-state index contributed by atoms with van der Waals surface area (Å²) in [7, 11) is 0. The number of nitrogens with one attached hydrogen (secondary N) is 1. The minimum Gasteiger partial charge on any atom is -0.382 e. The number of hydrogen-bond donors (Lipinski definition) is 3. The molecule has 2 heterocycles. The average molecular weight is 297 g/mol. The van der Waals surface area contributed by atoms with E-state index in [9.17, 15) is 4.79 Å². The van der Waals surface area contributed by atoms with Crippen molar-refractivity contribution in [2.45, 2.75) is 13.3 Å². The highest BCUT2D eigenvalue weighted by atomic mass is 16.2. The van der Waals surface area contributed by atoms with E-state index in [-0.39, 0.29) is 17.4 Å². The van der Waals surface area contributed by atoms with Crippen LogP contribution < -0.4 is 17.0 Å². The highest BCUT2D eigenvalue weighted by Gasteiger charge is 2.14. The first-order valence-corrected chi connectivity index (χ1v) is 6.53. The van der Waals surface area contributed by atoms with Crippen LogP contribution in [0.5, 0.6) is 0 Å². The van der Waals surface area contributed by atoms with E-state index in [1.165, 1.54) is 6.20 Å². The molecule has 0 radical (unpaired) electrons. The van der Waals surface area contributed by atoms with Gasteiger partial charge in [0.2, 0.25) is 0 Å². The van der Waals surface area contributed by atoms with E-state index < -0.39 is 5.91 Å². The first-order chi connectivity index (χ1) is 10.5. The average Bonchev–Trinajstić information content (AvgIpc) is 2.54. The lowest BCUT2D eigenvalue weighted by molar-refractivity contribution is 0.0949.